The highest BCUT2D eigenvalue weighted by Crippen LogP contribution is 2.53. The number of carbonyl (C=O) groups excluding carboxylic acids is 2. The number of nitrogens with zero attached hydrogens (tertiary/aromatic N) is 1. The SMILES string of the molecule is CNC(=O)c1ccc(C[C@@H](CNC(=O)C2CC2(C)c2ccccc2)N(C)C)c(Cl)c1. The summed E-state index contributed by atoms with van der Waals surface area (Å²) >= 11 is 6.42. The van der Waals surface area contributed by atoms with Crippen LogP contribution in [-0.4, -0.2) is 50.4 Å². The minimum absolute atomic E-state index is 0.0122. The van der Waals surface area contributed by atoms with E-state index in [0.717, 1.165) is 12.0 Å². The molecule has 0 aromatic heterocycles. The number of rotatable bonds is 8. The monoisotopic (exact) mass is 427 g/mol. The Hall–Kier alpha value is -2.37. The third kappa shape index (κ3) is 4.85. The summed E-state index contributed by atoms with van der Waals surface area (Å²) in [5.41, 5.74) is 2.64. The Labute approximate surface area is 183 Å². The smallest absolute Gasteiger partial charge is 0.251 e. The lowest BCUT2D eigenvalue weighted by Crippen LogP contribution is -2.42. The molecule has 5 nitrogen and oxygen atoms in total. The topological polar surface area (TPSA) is 61.4 Å². The van der Waals surface area contributed by atoms with E-state index in [1.165, 1.54) is 5.56 Å². The fraction of sp³-hybridized carbons (Fsp3) is 0.417. The molecule has 2 amide bonds. The van der Waals surface area contributed by atoms with Gasteiger partial charge in [-0.05, 0) is 50.2 Å². The average molecular weight is 428 g/mol. The minimum Gasteiger partial charge on any atom is -0.355 e. The molecule has 2 N–H and O–H groups in total. The van der Waals surface area contributed by atoms with E-state index in [-0.39, 0.29) is 29.2 Å². The Bertz CT molecular complexity index is 916. The van der Waals surface area contributed by atoms with E-state index < -0.39 is 0 Å². The number of nitrogens with one attached hydrogen (secondary N) is 2. The summed E-state index contributed by atoms with van der Waals surface area (Å²) in [5.74, 6) is -0.0434. The van der Waals surface area contributed by atoms with Crippen LogP contribution in [0.4, 0.5) is 0 Å². The van der Waals surface area contributed by atoms with E-state index in [2.05, 4.69) is 34.6 Å². The van der Waals surface area contributed by atoms with Crippen LogP contribution in [0.25, 0.3) is 0 Å². The van der Waals surface area contributed by atoms with Crippen molar-refractivity contribution in [3.8, 4) is 0 Å². The van der Waals surface area contributed by atoms with Gasteiger partial charge >= 0.3 is 0 Å². The van der Waals surface area contributed by atoms with Crippen molar-refractivity contribution in [2.24, 2.45) is 5.92 Å². The highest BCUT2D eigenvalue weighted by atomic mass is 35.5. The van der Waals surface area contributed by atoms with E-state index >= 15 is 0 Å². The van der Waals surface area contributed by atoms with Crippen molar-refractivity contribution in [3.63, 3.8) is 0 Å². The lowest BCUT2D eigenvalue weighted by atomic mass is 9.95. The van der Waals surface area contributed by atoms with Gasteiger partial charge in [-0.3, -0.25) is 9.59 Å². The van der Waals surface area contributed by atoms with E-state index in [1.54, 1.807) is 19.2 Å². The molecular weight excluding hydrogens is 398 g/mol. The van der Waals surface area contributed by atoms with Crippen LogP contribution in [0.5, 0.6) is 0 Å². The Kier molecular flexibility index (Phi) is 6.84. The van der Waals surface area contributed by atoms with Crippen molar-refractivity contribution in [1.82, 2.24) is 15.5 Å². The standard InChI is InChI=1S/C24H30ClN3O2/c1-24(18-8-6-5-7-9-18)14-20(24)23(30)27-15-19(28(3)4)12-16-10-11-17(13-21(16)25)22(29)26-2/h5-11,13,19-20H,12,14-15H2,1-4H3,(H,26,29)(H,27,30)/t19-,20?,24?/m0/s1. The molecule has 3 atom stereocenters. The van der Waals surface area contributed by atoms with Gasteiger partial charge in [0.25, 0.3) is 5.91 Å². The maximum atomic E-state index is 12.8. The van der Waals surface area contributed by atoms with Crippen molar-refractivity contribution in [2.45, 2.75) is 31.2 Å². The van der Waals surface area contributed by atoms with Crippen molar-refractivity contribution in [1.29, 1.82) is 0 Å². The number of hydrogen-bond donors (Lipinski definition) is 2. The molecule has 2 aromatic carbocycles. The first-order chi connectivity index (χ1) is 14.3. The second-order valence-electron chi connectivity index (χ2n) is 8.49. The molecule has 0 aliphatic heterocycles. The second-order valence-corrected chi connectivity index (χ2v) is 8.90. The molecule has 2 aromatic rings. The first-order valence-electron chi connectivity index (χ1n) is 10.3. The van der Waals surface area contributed by atoms with E-state index in [1.807, 2.05) is 38.4 Å². The molecule has 160 valence electrons. The maximum absolute atomic E-state index is 12.8. The highest BCUT2D eigenvalue weighted by molar-refractivity contribution is 6.31. The minimum atomic E-state index is -0.161. The van der Waals surface area contributed by atoms with Gasteiger partial charge in [0, 0.05) is 41.6 Å². The van der Waals surface area contributed by atoms with Gasteiger partial charge < -0.3 is 15.5 Å². The van der Waals surface area contributed by atoms with Crippen LogP contribution in [0, 0.1) is 5.92 Å². The summed E-state index contributed by atoms with van der Waals surface area (Å²) < 4.78 is 0. The van der Waals surface area contributed by atoms with Crippen molar-refractivity contribution in [2.75, 3.05) is 27.7 Å². The summed E-state index contributed by atoms with van der Waals surface area (Å²) in [5, 5.41) is 6.31. The number of benzene rings is 2. The van der Waals surface area contributed by atoms with Crippen molar-refractivity contribution < 1.29 is 9.59 Å². The van der Waals surface area contributed by atoms with E-state index in [9.17, 15) is 9.59 Å². The van der Waals surface area contributed by atoms with Crippen LogP contribution >= 0.6 is 11.6 Å². The van der Waals surface area contributed by atoms with Gasteiger partial charge in [-0.1, -0.05) is 54.9 Å². The van der Waals surface area contributed by atoms with Crippen LogP contribution in [0.15, 0.2) is 48.5 Å². The average Bonchev–Trinajstić information content (AvgIpc) is 3.44. The third-order valence-corrected chi connectivity index (χ3v) is 6.58. The Morgan fingerprint density at radius 1 is 1.20 bits per heavy atom. The Morgan fingerprint density at radius 3 is 2.50 bits per heavy atom. The number of halogens is 1. The molecule has 0 spiro atoms. The highest BCUT2D eigenvalue weighted by Gasteiger charge is 2.55. The molecule has 0 saturated heterocycles. The van der Waals surface area contributed by atoms with E-state index in [0.29, 0.717) is 23.6 Å². The molecule has 1 aliphatic carbocycles. The Morgan fingerprint density at radius 2 is 1.90 bits per heavy atom. The lowest BCUT2D eigenvalue weighted by Gasteiger charge is -2.25. The summed E-state index contributed by atoms with van der Waals surface area (Å²) in [6.45, 7) is 2.70. The Balaban J connectivity index is 1.60. The number of carbonyl (C=O) groups is 2. The zero-order valence-corrected chi connectivity index (χ0v) is 18.8. The molecule has 0 radical (unpaired) electrons. The van der Waals surface area contributed by atoms with Gasteiger partial charge in [-0.15, -0.1) is 0 Å². The first-order valence-corrected chi connectivity index (χ1v) is 10.6. The fourth-order valence-corrected chi connectivity index (χ4v) is 4.17. The van der Waals surface area contributed by atoms with Gasteiger partial charge in [-0.25, -0.2) is 0 Å². The van der Waals surface area contributed by atoms with Gasteiger partial charge in [0.15, 0.2) is 0 Å². The van der Waals surface area contributed by atoms with Crippen LogP contribution in [0.2, 0.25) is 5.02 Å². The molecule has 6 heteroatoms. The molecule has 1 aliphatic rings. The number of likely N-dealkylation sites (N-methyl/N-ethyl adjacent to an activating group) is 1. The number of hydrogen-bond acceptors (Lipinski definition) is 3. The summed E-state index contributed by atoms with van der Waals surface area (Å²) in [6.07, 6.45) is 1.56. The molecule has 30 heavy (non-hydrogen) atoms. The van der Waals surface area contributed by atoms with Crippen molar-refractivity contribution >= 4 is 23.4 Å². The predicted octanol–water partition coefficient (Wildman–Crippen LogP) is 3.27. The van der Waals surface area contributed by atoms with Crippen molar-refractivity contribution in [3.05, 3.63) is 70.2 Å². The van der Waals surface area contributed by atoms with Gasteiger partial charge in [0.05, 0.1) is 0 Å². The molecule has 0 bridgehead atoms. The van der Waals surface area contributed by atoms with Crippen LogP contribution in [0.1, 0.15) is 34.8 Å². The fourth-order valence-electron chi connectivity index (χ4n) is 3.92. The normalized spacial score (nSPS) is 21.2. The quantitative estimate of drug-likeness (QED) is 0.679. The second kappa shape index (κ2) is 9.19. The molecule has 3 rings (SSSR count). The van der Waals surface area contributed by atoms with Gasteiger partial charge in [-0.2, -0.15) is 0 Å². The molecule has 1 saturated carbocycles. The van der Waals surface area contributed by atoms with Crippen LogP contribution in [0.3, 0.4) is 0 Å². The molecule has 2 unspecified atom stereocenters. The van der Waals surface area contributed by atoms with E-state index in [4.69, 9.17) is 11.6 Å². The zero-order chi connectivity index (χ0) is 21.9. The van der Waals surface area contributed by atoms with Gasteiger partial charge in [0.1, 0.15) is 0 Å². The van der Waals surface area contributed by atoms with Crippen LogP contribution < -0.4 is 10.6 Å². The number of amides is 2. The zero-order valence-electron chi connectivity index (χ0n) is 18.0. The summed E-state index contributed by atoms with van der Waals surface area (Å²) in [4.78, 5) is 26.7. The predicted molar refractivity (Wildman–Crippen MR) is 121 cm³/mol. The maximum Gasteiger partial charge on any atom is 0.251 e. The van der Waals surface area contributed by atoms with Gasteiger partial charge in [0.2, 0.25) is 5.91 Å². The first kappa shape index (κ1) is 22.3. The molecule has 1 fully saturated rings. The summed E-state index contributed by atoms with van der Waals surface area (Å²) in [6, 6.07) is 15.7. The summed E-state index contributed by atoms with van der Waals surface area (Å²) in [7, 11) is 5.58. The third-order valence-electron chi connectivity index (χ3n) is 6.23. The molecular formula is C24H30ClN3O2. The van der Waals surface area contributed by atoms with Crippen LogP contribution in [-0.2, 0) is 16.6 Å². The largest absolute Gasteiger partial charge is 0.355 e. The lowest BCUT2D eigenvalue weighted by molar-refractivity contribution is -0.122. The molecule has 0 heterocycles.